The number of carbonyl (C=O) groups is 11. The van der Waals surface area contributed by atoms with E-state index >= 15 is 0 Å². The predicted octanol–water partition coefficient (Wildman–Crippen LogP) is 4.30. The van der Waals surface area contributed by atoms with Gasteiger partial charge in [-0.05, 0) is 51.9 Å². The minimum Gasteiger partial charge on any atom is -0.481 e. The van der Waals surface area contributed by atoms with Crippen LogP contribution in [0.3, 0.4) is 0 Å². The van der Waals surface area contributed by atoms with Crippen molar-refractivity contribution in [3.8, 4) is 0 Å². The Kier molecular flexibility index (Phi) is 39.1. The monoisotopic (exact) mass is 1060 g/mol. The SMILES string of the molecule is CC(=O)[C@H](C)CC(=O)[C@H](CCCCNC(=O)COCCOCCCC(=O)COCCOCCNC(=O)CC[C@H](NC(=O)CC[C@H](NC(=O)CCCCCCCCCCC(=O)O)C(=O)O)C(=O)O)CC(=O)C(C)(C)C. The van der Waals surface area contributed by atoms with E-state index in [1.165, 1.54) is 6.92 Å². The molecular weight excluding hydrogens is 969 g/mol. The number of carbonyl (C=O) groups excluding carboxylic acids is 8. The maximum Gasteiger partial charge on any atom is 0.326 e. The van der Waals surface area contributed by atoms with Crippen molar-refractivity contribution in [2.45, 2.75) is 182 Å². The lowest BCUT2D eigenvalue weighted by atomic mass is 9.80. The number of carboxylic acid groups (broad SMARTS) is 3. The molecule has 0 fully saturated rings. The van der Waals surface area contributed by atoms with E-state index in [4.69, 9.17) is 24.1 Å². The third kappa shape index (κ3) is 39.3. The molecule has 0 aromatic heterocycles. The van der Waals surface area contributed by atoms with Crippen molar-refractivity contribution < 1.29 is 87.0 Å². The van der Waals surface area contributed by atoms with Crippen LogP contribution in [-0.4, -0.2) is 158 Å². The molecular formula is C52H88N4O18. The van der Waals surface area contributed by atoms with Gasteiger partial charge in [-0.3, -0.25) is 43.2 Å². The molecule has 0 bridgehead atoms. The largest absolute Gasteiger partial charge is 0.481 e. The number of ether oxygens (including phenoxy) is 4. The molecule has 22 nitrogen and oxygen atoms in total. The fourth-order valence-electron chi connectivity index (χ4n) is 7.12. The number of rotatable bonds is 49. The summed E-state index contributed by atoms with van der Waals surface area (Å²) in [6, 6.07) is -2.75. The Bertz CT molecular complexity index is 1730. The first-order chi connectivity index (χ1) is 35.0. The van der Waals surface area contributed by atoms with Gasteiger partial charge in [-0.25, -0.2) is 9.59 Å². The lowest BCUT2D eigenvalue weighted by Gasteiger charge is -2.22. The second kappa shape index (κ2) is 42.1. The molecule has 22 heteroatoms. The highest BCUT2D eigenvalue weighted by Crippen LogP contribution is 2.25. The summed E-state index contributed by atoms with van der Waals surface area (Å²) in [6.07, 6.45) is 8.46. The molecule has 0 aromatic carbocycles. The van der Waals surface area contributed by atoms with Crippen molar-refractivity contribution >= 4 is 64.7 Å². The first kappa shape index (κ1) is 68.8. The molecule has 0 radical (unpaired) electrons. The second-order valence-electron chi connectivity index (χ2n) is 19.6. The Morgan fingerprint density at radius 1 is 0.473 bits per heavy atom. The summed E-state index contributed by atoms with van der Waals surface area (Å²) in [5.41, 5.74) is -0.570. The molecule has 0 heterocycles. The number of hydrogen-bond acceptors (Lipinski definition) is 15. The molecule has 0 aliphatic rings. The van der Waals surface area contributed by atoms with Crippen LogP contribution in [0.1, 0.15) is 169 Å². The molecule has 0 spiro atoms. The highest BCUT2D eigenvalue weighted by molar-refractivity contribution is 5.92. The van der Waals surface area contributed by atoms with Gasteiger partial charge in [0.1, 0.15) is 42.6 Å². The van der Waals surface area contributed by atoms with Crippen molar-refractivity contribution in [1.29, 1.82) is 0 Å². The summed E-state index contributed by atoms with van der Waals surface area (Å²) in [6.45, 7) is 9.96. The Morgan fingerprint density at radius 2 is 0.973 bits per heavy atom. The zero-order chi connectivity index (χ0) is 55.7. The Labute approximate surface area is 436 Å². The van der Waals surface area contributed by atoms with Crippen LogP contribution in [0.25, 0.3) is 0 Å². The lowest BCUT2D eigenvalue weighted by Crippen LogP contribution is -2.44. The maximum absolute atomic E-state index is 12.9. The van der Waals surface area contributed by atoms with Gasteiger partial charge in [0, 0.05) is 81.9 Å². The van der Waals surface area contributed by atoms with E-state index in [9.17, 15) is 63.0 Å². The summed E-state index contributed by atoms with van der Waals surface area (Å²) in [4.78, 5) is 133. The number of hydrogen-bond donors (Lipinski definition) is 7. The van der Waals surface area contributed by atoms with Crippen molar-refractivity contribution in [2.75, 3.05) is 65.9 Å². The summed E-state index contributed by atoms with van der Waals surface area (Å²) in [5, 5.41) is 37.8. The molecule has 0 aliphatic carbocycles. The zero-order valence-electron chi connectivity index (χ0n) is 44.7. The summed E-state index contributed by atoms with van der Waals surface area (Å²) < 4.78 is 21.5. The van der Waals surface area contributed by atoms with Crippen LogP contribution in [0.15, 0.2) is 0 Å². The van der Waals surface area contributed by atoms with Gasteiger partial charge < -0.3 is 55.5 Å². The molecule has 0 unspecified atom stereocenters. The van der Waals surface area contributed by atoms with E-state index in [0.717, 1.165) is 38.5 Å². The van der Waals surface area contributed by atoms with Gasteiger partial charge in [-0.15, -0.1) is 0 Å². The number of nitrogens with one attached hydrogen (secondary N) is 4. The van der Waals surface area contributed by atoms with Gasteiger partial charge in [0.2, 0.25) is 23.6 Å². The highest BCUT2D eigenvalue weighted by atomic mass is 16.5. The van der Waals surface area contributed by atoms with E-state index < -0.39 is 65.0 Å². The van der Waals surface area contributed by atoms with E-state index in [2.05, 4.69) is 21.3 Å². The Morgan fingerprint density at radius 3 is 1.53 bits per heavy atom. The molecule has 0 aromatic rings. The number of carboxylic acids is 3. The van der Waals surface area contributed by atoms with Crippen LogP contribution in [0.2, 0.25) is 0 Å². The second-order valence-corrected chi connectivity index (χ2v) is 19.6. The fourth-order valence-corrected chi connectivity index (χ4v) is 7.12. The summed E-state index contributed by atoms with van der Waals surface area (Å²) in [5.74, 6) is -6.65. The standard InChI is InChI=1S/C52H88N4O18/c1-37(38(2)57)33-43(59)39(34-44(60)52(3,4)5)17-14-15-25-53-48(64)36-74-32-29-71-27-16-18-40(58)35-73-31-30-72-28-26-54-45(61)23-21-41(50(67)68)56-47(63)24-22-42(51(69)70)55-46(62)19-12-10-8-6-7-9-11-13-20-49(65)66/h37,39,41-42H,6-36H2,1-5H3,(H,53,64)(H,54,61)(H,55,62)(H,56,63)(H,65,66)(H,67,68)(H,69,70)/t37-,39-,41+,42+/m1/s1. The van der Waals surface area contributed by atoms with Crippen LogP contribution in [-0.2, 0) is 71.7 Å². The van der Waals surface area contributed by atoms with Crippen molar-refractivity contribution in [1.82, 2.24) is 21.3 Å². The minimum absolute atomic E-state index is 0.00509. The van der Waals surface area contributed by atoms with Crippen LogP contribution in [0.4, 0.5) is 0 Å². The molecule has 424 valence electrons. The predicted molar refractivity (Wildman–Crippen MR) is 271 cm³/mol. The smallest absolute Gasteiger partial charge is 0.326 e. The van der Waals surface area contributed by atoms with Crippen molar-refractivity contribution in [2.24, 2.45) is 17.3 Å². The molecule has 4 atom stereocenters. The molecule has 74 heavy (non-hydrogen) atoms. The van der Waals surface area contributed by atoms with Crippen LogP contribution < -0.4 is 21.3 Å². The quantitative estimate of drug-likeness (QED) is 0.0418. The normalized spacial score (nSPS) is 12.9. The highest BCUT2D eigenvalue weighted by Gasteiger charge is 2.30. The van der Waals surface area contributed by atoms with Crippen LogP contribution in [0.5, 0.6) is 0 Å². The van der Waals surface area contributed by atoms with Gasteiger partial charge in [-0.2, -0.15) is 0 Å². The van der Waals surface area contributed by atoms with E-state index in [-0.39, 0.29) is 140 Å². The van der Waals surface area contributed by atoms with Crippen LogP contribution in [0, 0.1) is 17.3 Å². The zero-order valence-corrected chi connectivity index (χ0v) is 44.7. The Balaban J connectivity index is 4.05. The fraction of sp³-hybridized carbons (Fsp3) is 0.788. The van der Waals surface area contributed by atoms with Gasteiger partial charge in [0.05, 0.1) is 33.0 Å². The minimum atomic E-state index is -1.41. The number of amides is 4. The topological polar surface area (TPSA) is 334 Å². The third-order valence-electron chi connectivity index (χ3n) is 11.9. The van der Waals surface area contributed by atoms with Gasteiger partial charge in [0.25, 0.3) is 0 Å². The van der Waals surface area contributed by atoms with Crippen molar-refractivity contribution in [3.63, 3.8) is 0 Å². The molecule has 4 amide bonds. The Hall–Kier alpha value is -5.19. The average Bonchev–Trinajstić information content (AvgIpc) is 3.32. The van der Waals surface area contributed by atoms with Crippen LogP contribution >= 0.6 is 0 Å². The van der Waals surface area contributed by atoms with Crippen molar-refractivity contribution in [3.05, 3.63) is 0 Å². The summed E-state index contributed by atoms with van der Waals surface area (Å²) in [7, 11) is 0. The number of Topliss-reactive ketones (excluding diaryl/α,β-unsaturated/α-hetero) is 4. The third-order valence-corrected chi connectivity index (χ3v) is 11.9. The van der Waals surface area contributed by atoms with E-state index in [0.29, 0.717) is 51.7 Å². The molecule has 0 rings (SSSR count). The van der Waals surface area contributed by atoms with Gasteiger partial charge in [0.15, 0.2) is 5.78 Å². The van der Waals surface area contributed by atoms with Gasteiger partial charge >= 0.3 is 17.9 Å². The van der Waals surface area contributed by atoms with E-state index in [1.54, 1.807) is 6.92 Å². The summed E-state index contributed by atoms with van der Waals surface area (Å²) >= 11 is 0. The molecule has 0 aliphatic heterocycles. The lowest BCUT2D eigenvalue weighted by molar-refractivity contribution is -0.143. The first-order valence-electron chi connectivity index (χ1n) is 26.2. The first-order valence-corrected chi connectivity index (χ1v) is 26.2. The number of aliphatic carboxylic acids is 3. The molecule has 7 N–H and O–H groups in total. The molecule has 0 saturated heterocycles. The number of unbranched alkanes of at least 4 members (excludes halogenated alkanes) is 8. The maximum atomic E-state index is 12.9. The van der Waals surface area contributed by atoms with E-state index in [1.807, 2.05) is 20.8 Å². The molecule has 0 saturated carbocycles. The average molecular weight is 1060 g/mol. The van der Waals surface area contributed by atoms with Gasteiger partial charge in [-0.1, -0.05) is 72.6 Å². The number of ketones is 4.